The summed E-state index contributed by atoms with van der Waals surface area (Å²) in [4.78, 5) is 24.9. The van der Waals surface area contributed by atoms with Crippen molar-refractivity contribution in [3.05, 3.63) is 23.8 Å². The van der Waals surface area contributed by atoms with Crippen LogP contribution >= 0.6 is 0 Å². The third kappa shape index (κ3) is 8.47. The number of nitrogens with one attached hydrogen (secondary N) is 2. The summed E-state index contributed by atoms with van der Waals surface area (Å²) in [5.41, 5.74) is 0.592. The average Bonchev–Trinajstić information content (AvgIpc) is 2.90. The first kappa shape index (κ1) is 33.8. The lowest BCUT2D eigenvalue weighted by Crippen LogP contribution is -2.68. The molecule has 1 aromatic carbocycles. The van der Waals surface area contributed by atoms with Gasteiger partial charge >= 0.3 is 10.4 Å². The van der Waals surface area contributed by atoms with Crippen molar-refractivity contribution in [3.63, 3.8) is 0 Å². The van der Waals surface area contributed by atoms with Gasteiger partial charge in [-0.2, -0.15) is 8.42 Å². The van der Waals surface area contributed by atoms with Gasteiger partial charge in [-0.1, -0.05) is 6.07 Å². The maximum Gasteiger partial charge on any atom is 0.397 e. The number of hydrogen-bond donors (Lipinski definition) is 8. The van der Waals surface area contributed by atoms with Gasteiger partial charge in [-0.15, -0.1) is 0 Å². The monoisotopic (exact) mass is 624 g/mol. The Kier molecular flexibility index (Phi) is 11.5. The molecule has 0 radical (unpaired) electrons. The highest BCUT2D eigenvalue weighted by Crippen LogP contribution is 2.30. The number of benzene rings is 1. The van der Waals surface area contributed by atoms with E-state index in [0.29, 0.717) is 5.56 Å². The second-order valence-electron chi connectivity index (χ2n) is 9.88. The largest absolute Gasteiger partial charge is 0.504 e. The van der Waals surface area contributed by atoms with E-state index in [1.54, 1.807) is 6.07 Å². The normalized spacial score (nSPS) is 33.6. The van der Waals surface area contributed by atoms with Crippen LogP contribution in [0.4, 0.5) is 0 Å². The first-order valence-corrected chi connectivity index (χ1v) is 14.2. The number of carbonyl (C=O) groups excluding carboxylic acids is 2. The molecule has 8 N–H and O–H groups in total. The van der Waals surface area contributed by atoms with Gasteiger partial charge in [-0.05, 0) is 31.0 Å². The fourth-order valence-electron chi connectivity index (χ4n) is 4.76. The van der Waals surface area contributed by atoms with E-state index in [4.69, 9.17) is 23.5 Å². The van der Waals surface area contributed by atoms with E-state index < -0.39 is 90.0 Å². The lowest BCUT2D eigenvalue weighted by atomic mass is 9.92. The molecule has 2 aliphatic heterocycles. The van der Waals surface area contributed by atoms with Gasteiger partial charge in [-0.25, -0.2) is 4.18 Å². The number of phenolic OH excluding ortho intramolecular Hbond substituents is 2. The summed E-state index contributed by atoms with van der Waals surface area (Å²) in [5.74, 6) is -1.95. The number of aliphatic hydroxyl groups excluding tert-OH is 3. The Labute approximate surface area is 241 Å². The summed E-state index contributed by atoms with van der Waals surface area (Å²) < 4.78 is 57.6. The highest BCUT2D eigenvalue weighted by atomic mass is 32.3. The summed E-state index contributed by atoms with van der Waals surface area (Å²) in [6.07, 6.45) is -13.4. The fourth-order valence-corrected chi connectivity index (χ4v) is 5.06. The van der Waals surface area contributed by atoms with Gasteiger partial charge in [-0.3, -0.25) is 14.1 Å². The first-order valence-electron chi connectivity index (χ1n) is 12.8. The second kappa shape index (κ2) is 14.2. The van der Waals surface area contributed by atoms with Crippen LogP contribution in [0, 0.1) is 0 Å². The molecule has 3 rings (SSSR count). The summed E-state index contributed by atoms with van der Waals surface area (Å²) in [7, 11) is -3.71. The van der Waals surface area contributed by atoms with Crippen molar-refractivity contribution in [2.45, 2.75) is 81.4 Å². The Morgan fingerprint density at radius 1 is 1.02 bits per heavy atom. The smallest absolute Gasteiger partial charge is 0.397 e. The molecule has 0 spiro atoms. The fraction of sp³-hybridized carbons (Fsp3) is 0.667. The summed E-state index contributed by atoms with van der Waals surface area (Å²) in [6, 6.07) is 3.07. The molecular weight excluding hydrogens is 588 g/mol. The quantitative estimate of drug-likeness (QED) is 0.0906. The standard InChI is InChI=1S/C24H36N2O15S/c1-10-16(26-11(2)27)20(17(30)15(39-10)9-38-42(34,35)36)40-24-19(32)18(31)21(37-3)22(41-24)23(33)25-7-6-12-4-5-13(28)14(29)8-12/h4-5,8,10,15-22,24,28-32H,6-7,9H2,1-3H3,(H,25,33)(H,26,27)(H,34,35,36)/t10-,15?,16?,17-,18?,19?,20?,21-,22?,24+/m0/s1. The molecule has 2 heterocycles. The molecule has 238 valence electrons. The van der Waals surface area contributed by atoms with E-state index in [2.05, 4.69) is 14.8 Å². The number of aliphatic hydroxyl groups is 3. The predicted molar refractivity (Wildman–Crippen MR) is 138 cm³/mol. The number of amides is 2. The lowest BCUT2D eigenvalue weighted by Gasteiger charge is -2.47. The van der Waals surface area contributed by atoms with Crippen LogP contribution in [0.2, 0.25) is 0 Å². The molecule has 18 heteroatoms. The minimum absolute atomic E-state index is 0.0414. The van der Waals surface area contributed by atoms with Crippen molar-refractivity contribution in [2.75, 3.05) is 20.3 Å². The highest BCUT2D eigenvalue weighted by Gasteiger charge is 2.52. The Morgan fingerprint density at radius 2 is 1.71 bits per heavy atom. The molecular formula is C24H36N2O15S. The Morgan fingerprint density at radius 3 is 2.31 bits per heavy atom. The summed E-state index contributed by atoms with van der Waals surface area (Å²) in [6.45, 7) is 1.87. The van der Waals surface area contributed by atoms with Crippen molar-refractivity contribution in [3.8, 4) is 11.5 Å². The summed E-state index contributed by atoms with van der Waals surface area (Å²) >= 11 is 0. The van der Waals surface area contributed by atoms with Gasteiger partial charge in [0.15, 0.2) is 23.9 Å². The van der Waals surface area contributed by atoms with Gasteiger partial charge in [0, 0.05) is 20.6 Å². The number of rotatable bonds is 11. The molecule has 1 aromatic rings. The predicted octanol–water partition coefficient (Wildman–Crippen LogP) is -2.92. The van der Waals surface area contributed by atoms with Gasteiger partial charge in [0.1, 0.15) is 36.6 Å². The van der Waals surface area contributed by atoms with Crippen LogP contribution in [0.5, 0.6) is 11.5 Å². The SMILES string of the molecule is CO[C@@H]1C(C(=O)NCCc2ccc(O)c(O)c2)O[C@@H](OC2C(NC(C)=O)[C@H](C)OC(COS(=O)(=O)O)[C@@H]2O)C(O)C1O. The van der Waals surface area contributed by atoms with E-state index in [9.17, 15) is 43.5 Å². The number of ether oxygens (including phenoxy) is 4. The van der Waals surface area contributed by atoms with Crippen LogP contribution < -0.4 is 10.6 Å². The van der Waals surface area contributed by atoms with Crippen LogP contribution in [0.15, 0.2) is 18.2 Å². The Bertz CT molecular complexity index is 1200. The number of hydrogen-bond acceptors (Lipinski definition) is 14. The molecule has 2 fully saturated rings. The van der Waals surface area contributed by atoms with Crippen LogP contribution in [-0.2, 0) is 49.5 Å². The Balaban J connectivity index is 1.76. The number of methoxy groups -OCH3 is 1. The van der Waals surface area contributed by atoms with Crippen molar-refractivity contribution in [1.82, 2.24) is 10.6 Å². The molecule has 2 saturated heterocycles. The van der Waals surface area contributed by atoms with Gasteiger partial charge in [0.25, 0.3) is 5.91 Å². The average molecular weight is 625 g/mol. The van der Waals surface area contributed by atoms with Crippen LogP contribution in [0.1, 0.15) is 19.4 Å². The number of phenols is 2. The molecule has 0 aliphatic carbocycles. The highest BCUT2D eigenvalue weighted by molar-refractivity contribution is 7.80. The molecule has 17 nitrogen and oxygen atoms in total. The van der Waals surface area contributed by atoms with E-state index in [1.807, 2.05) is 0 Å². The zero-order valence-electron chi connectivity index (χ0n) is 22.9. The molecule has 2 aliphatic rings. The van der Waals surface area contributed by atoms with E-state index >= 15 is 0 Å². The molecule has 2 amide bonds. The topological polar surface area (TPSA) is 260 Å². The zero-order chi connectivity index (χ0) is 31.4. The zero-order valence-corrected chi connectivity index (χ0v) is 23.7. The first-order chi connectivity index (χ1) is 19.6. The van der Waals surface area contributed by atoms with E-state index in [0.717, 1.165) is 0 Å². The third-order valence-electron chi connectivity index (χ3n) is 6.84. The lowest BCUT2D eigenvalue weighted by molar-refractivity contribution is -0.325. The number of carbonyl (C=O) groups is 2. The van der Waals surface area contributed by atoms with E-state index in [-0.39, 0.29) is 24.5 Å². The minimum atomic E-state index is -4.89. The van der Waals surface area contributed by atoms with Gasteiger partial charge in [0.2, 0.25) is 5.91 Å². The molecule has 6 unspecified atom stereocenters. The molecule has 42 heavy (non-hydrogen) atoms. The van der Waals surface area contributed by atoms with Crippen molar-refractivity contribution in [1.29, 1.82) is 0 Å². The van der Waals surface area contributed by atoms with Crippen LogP contribution in [-0.4, -0.2) is 132 Å². The van der Waals surface area contributed by atoms with Crippen LogP contribution in [0.3, 0.4) is 0 Å². The minimum Gasteiger partial charge on any atom is -0.504 e. The van der Waals surface area contributed by atoms with Crippen molar-refractivity contribution >= 4 is 22.2 Å². The van der Waals surface area contributed by atoms with Crippen molar-refractivity contribution in [2.24, 2.45) is 0 Å². The molecule has 0 saturated carbocycles. The number of aromatic hydroxyl groups is 2. The van der Waals surface area contributed by atoms with Gasteiger partial charge in [0.05, 0.1) is 18.8 Å². The Hall–Kier alpha value is -2.65. The third-order valence-corrected chi connectivity index (χ3v) is 7.27. The summed E-state index contributed by atoms with van der Waals surface area (Å²) in [5, 5.41) is 56.6. The maximum absolute atomic E-state index is 13.0. The molecule has 0 aromatic heterocycles. The molecule has 10 atom stereocenters. The van der Waals surface area contributed by atoms with Gasteiger partial charge < -0.3 is 55.1 Å². The van der Waals surface area contributed by atoms with Crippen LogP contribution in [0.25, 0.3) is 0 Å². The molecule has 0 bridgehead atoms. The van der Waals surface area contributed by atoms with Crippen molar-refractivity contribution < 1.29 is 71.2 Å². The van der Waals surface area contributed by atoms with E-state index in [1.165, 1.54) is 33.1 Å². The second-order valence-corrected chi connectivity index (χ2v) is 11.0. The maximum atomic E-state index is 13.0.